The van der Waals surface area contributed by atoms with Gasteiger partial charge in [0.15, 0.2) is 0 Å². The van der Waals surface area contributed by atoms with Crippen LogP contribution in [0, 0.1) is 20.8 Å². The molecule has 0 saturated carbocycles. The summed E-state index contributed by atoms with van der Waals surface area (Å²) in [5, 5.41) is 6.97. The van der Waals surface area contributed by atoms with Gasteiger partial charge in [0.05, 0.1) is 6.20 Å². The van der Waals surface area contributed by atoms with Crippen molar-refractivity contribution in [3.05, 3.63) is 59.1 Å². The molecule has 150 valence electrons. The second kappa shape index (κ2) is 7.90. The molecule has 0 bridgehead atoms. The van der Waals surface area contributed by atoms with Crippen molar-refractivity contribution in [3.8, 4) is 0 Å². The van der Waals surface area contributed by atoms with Crippen LogP contribution in [-0.2, 0) is 0 Å². The lowest BCUT2D eigenvalue weighted by Gasteiger charge is -2.35. The van der Waals surface area contributed by atoms with Gasteiger partial charge >= 0.3 is 0 Å². The van der Waals surface area contributed by atoms with Gasteiger partial charge in [-0.15, -0.1) is 0 Å². The number of hydrogen-bond donors (Lipinski definition) is 1. The van der Waals surface area contributed by atoms with Gasteiger partial charge in [-0.1, -0.05) is 22.9 Å². The van der Waals surface area contributed by atoms with Crippen LogP contribution < -0.4 is 10.2 Å². The maximum absolute atomic E-state index is 12.6. The number of benzene rings is 1. The largest absolute Gasteiger partial charge is 0.361 e. The Hall–Kier alpha value is -3.42. The van der Waals surface area contributed by atoms with Crippen LogP contribution in [0.1, 0.15) is 27.4 Å². The third-order valence-electron chi connectivity index (χ3n) is 5.02. The van der Waals surface area contributed by atoms with E-state index in [1.165, 1.54) is 11.8 Å². The topological polar surface area (TPSA) is 87.4 Å². The molecule has 1 fully saturated rings. The zero-order valence-electron chi connectivity index (χ0n) is 16.8. The van der Waals surface area contributed by atoms with E-state index in [-0.39, 0.29) is 5.91 Å². The van der Waals surface area contributed by atoms with Crippen LogP contribution in [-0.4, -0.2) is 52.1 Å². The first kappa shape index (κ1) is 18.9. The summed E-state index contributed by atoms with van der Waals surface area (Å²) in [7, 11) is 0. The summed E-state index contributed by atoms with van der Waals surface area (Å²) in [6.45, 7) is 8.41. The van der Waals surface area contributed by atoms with Gasteiger partial charge in [0, 0.05) is 43.6 Å². The van der Waals surface area contributed by atoms with Crippen molar-refractivity contribution in [2.45, 2.75) is 20.8 Å². The molecular formula is C21H24N6O2. The van der Waals surface area contributed by atoms with E-state index >= 15 is 0 Å². The number of hydrogen-bond acceptors (Lipinski definition) is 7. The lowest BCUT2D eigenvalue weighted by atomic mass is 10.2. The number of aromatic nitrogens is 3. The Morgan fingerprint density at radius 1 is 1.03 bits per heavy atom. The maximum Gasteiger partial charge on any atom is 0.259 e. The van der Waals surface area contributed by atoms with Crippen LogP contribution in [0.5, 0.6) is 0 Å². The van der Waals surface area contributed by atoms with Crippen LogP contribution >= 0.6 is 0 Å². The molecule has 0 radical (unpaired) electrons. The van der Waals surface area contributed by atoms with Crippen LogP contribution in [0.15, 0.2) is 41.1 Å². The molecule has 0 spiro atoms. The number of nitrogens with one attached hydrogen (secondary N) is 1. The highest BCUT2D eigenvalue weighted by Crippen LogP contribution is 2.21. The minimum absolute atomic E-state index is 0.0380. The molecule has 8 nitrogen and oxygen atoms in total. The Labute approximate surface area is 169 Å². The van der Waals surface area contributed by atoms with Crippen molar-refractivity contribution in [1.29, 1.82) is 0 Å². The Morgan fingerprint density at radius 2 is 1.76 bits per heavy atom. The number of carbonyl (C=O) groups excluding carboxylic acids is 1. The van der Waals surface area contributed by atoms with E-state index in [1.807, 2.05) is 42.2 Å². The first-order valence-electron chi connectivity index (χ1n) is 9.64. The lowest BCUT2D eigenvalue weighted by molar-refractivity contribution is 0.0744. The second-order valence-corrected chi connectivity index (χ2v) is 7.26. The first-order chi connectivity index (χ1) is 14.0. The number of piperazine rings is 1. The van der Waals surface area contributed by atoms with E-state index < -0.39 is 0 Å². The number of amides is 1. The predicted octanol–water partition coefficient (Wildman–Crippen LogP) is 3.10. The summed E-state index contributed by atoms with van der Waals surface area (Å²) in [5.74, 6) is 1.95. The molecule has 29 heavy (non-hydrogen) atoms. The third-order valence-corrected chi connectivity index (χ3v) is 5.02. The fraction of sp³-hybridized carbons (Fsp3) is 0.333. The minimum Gasteiger partial charge on any atom is -0.361 e. The van der Waals surface area contributed by atoms with Crippen molar-refractivity contribution < 1.29 is 9.32 Å². The standard InChI is InChI=1S/C21H24N6O2/c1-14-4-6-17(7-5-14)24-21-23-15(2)12-19(25-21)26-8-10-27(11-9-26)20(28)18-13-22-29-16(18)3/h4-7,12-13H,8-11H2,1-3H3,(H,23,24,25). The van der Waals surface area contributed by atoms with E-state index in [1.54, 1.807) is 6.92 Å². The van der Waals surface area contributed by atoms with Gasteiger partial charge in [0.25, 0.3) is 5.91 Å². The highest BCUT2D eigenvalue weighted by Gasteiger charge is 2.25. The lowest BCUT2D eigenvalue weighted by Crippen LogP contribution is -2.49. The Balaban J connectivity index is 1.44. The molecule has 1 aliphatic rings. The summed E-state index contributed by atoms with van der Waals surface area (Å²) in [6.07, 6.45) is 1.49. The van der Waals surface area contributed by atoms with Crippen molar-refractivity contribution in [2.75, 3.05) is 36.4 Å². The van der Waals surface area contributed by atoms with E-state index in [0.717, 1.165) is 17.2 Å². The fourth-order valence-electron chi connectivity index (χ4n) is 3.35. The van der Waals surface area contributed by atoms with Crippen molar-refractivity contribution in [2.24, 2.45) is 0 Å². The Morgan fingerprint density at radius 3 is 2.41 bits per heavy atom. The predicted molar refractivity (Wildman–Crippen MR) is 111 cm³/mol. The molecule has 3 heterocycles. The summed E-state index contributed by atoms with van der Waals surface area (Å²) in [4.78, 5) is 25.8. The molecule has 1 saturated heterocycles. The van der Waals surface area contributed by atoms with Crippen LogP contribution in [0.3, 0.4) is 0 Å². The first-order valence-corrected chi connectivity index (χ1v) is 9.64. The zero-order valence-corrected chi connectivity index (χ0v) is 16.8. The van der Waals surface area contributed by atoms with Gasteiger partial charge in [0.2, 0.25) is 5.95 Å². The SMILES string of the molecule is Cc1ccc(Nc2nc(C)cc(N3CCN(C(=O)c4cnoc4C)CC3)n2)cc1. The van der Waals surface area contributed by atoms with Crippen molar-refractivity contribution in [3.63, 3.8) is 0 Å². The van der Waals surface area contributed by atoms with Gasteiger partial charge in [-0.3, -0.25) is 4.79 Å². The average Bonchev–Trinajstić information content (AvgIpc) is 3.15. The Kier molecular flexibility index (Phi) is 5.16. The van der Waals surface area contributed by atoms with Gasteiger partial charge in [-0.2, -0.15) is 4.98 Å². The summed E-state index contributed by atoms with van der Waals surface area (Å²) < 4.78 is 5.02. The number of rotatable bonds is 4. The maximum atomic E-state index is 12.6. The summed E-state index contributed by atoms with van der Waals surface area (Å²) >= 11 is 0. The van der Waals surface area contributed by atoms with Gasteiger partial charge < -0.3 is 19.6 Å². The molecule has 3 aromatic rings. The van der Waals surface area contributed by atoms with Gasteiger partial charge in [0.1, 0.15) is 17.1 Å². The van der Waals surface area contributed by atoms with Gasteiger partial charge in [-0.05, 0) is 32.9 Å². The quantitative estimate of drug-likeness (QED) is 0.730. The second-order valence-electron chi connectivity index (χ2n) is 7.26. The van der Waals surface area contributed by atoms with E-state index in [0.29, 0.717) is 43.5 Å². The van der Waals surface area contributed by atoms with Crippen LogP contribution in [0.2, 0.25) is 0 Å². The monoisotopic (exact) mass is 392 g/mol. The number of carbonyl (C=O) groups is 1. The molecule has 1 aromatic carbocycles. The highest BCUT2D eigenvalue weighted by atomic mass is 16.5. The minimum atomic E-state index is -0.0380. The summed E-state index contributed by atoms with van der Waals surface area (Å²) in [5.41, 5.74) is 3.57. The number of aryl methyl sites for hydroxylation is 3. The molecule has 4 rings (SSSR count). The molecule has 1 aliphatic heterocycles. The molecule has 2 aromatic heterocycles. The third kappa shape index (κ3) is 4.21. The molecule has 1 amide bonds. The molecule has 0 atom stereocenters. The molecule has 1 N–H and O–H groups in total. The van der Waals surface area contributed by atoms with E-state index in [9.17, 15) is 4.79 Å². The Bertz CT molecular complexity index is 1010. The fourth-order valence-corrected chi connectivity index (χ4v) is 3.35. The smallest absolute Gasteiger partial charge is 0.259 e. The number of anilines is 3. The highest BCUT2D eigenvalue weighted by molar-refractivity contribution is 5.94. The van der Waals surface area contributed by atoms with Crippen LogP contribution in [0.25, 0.3) is 0 Å². The molecular weight excluding hydrogens is 368 g/mol. The van der Waals surface area contributed by atoms with Crippen molar-refractivity contribution >= 4 is 23.4 Å². The van der Waals surface area contributed by atoms with E-state index in [2.05, 4.69) is 32.3 Å². The molecule has 0 unspecified atom stereocenters. The van der Waals surface area contributed by atoms with Gasteiger partial charge in [-0.25, -0.2) is 4.98 Å². The number of nitrogens with zero attached hydrogens (tertiary/aromatic N) is 5. The van der Waals surface area contributed by atoms with Crippen molar-refractivity contribution in [1.82, 2.24) is 20.0 Å². The van der Waals surface area contributed by atoms with E-state index in [4.69, 9.17) is 4.52 Å². The average molecular weight is 392 g/mol. The zero-order chi connectivity index (χ0) is 20.4. The molecule has 0 aliphatic carbocycles. The normalized spacial score (nSPS) is 14.2. The van der Waals surface area contributed by atoms with Crippen LogP contribution in [0.4, 0.5) is 17.5 Å². The summed E-state index contributed by atoms with van der Waals surface area (Å²) in [6, 6.07) is 10.1. The molecule has 8 heteroatoms.